The molecule has 0 radical (unpaired) electrons. The highest BCUT2D eigenvalue weighted by Gasteiger charge is 2.20. The fourth-order valence-electron chi connectivity index (χ4n) is 1.37. The Morgan fingerprint density at radius 2 is 1.92 bits per heavy atom. The number of ketones is 1. The second kappa shape index (κ2) is 5.92. The quantitative estimate of drug-likeness (QED) is 0.639. The van der Waals surface area contributed by atoms with E-state index in [2.05, 4.69) is 11.8 Å². The van der Waals surface area contributed by atoms with Crippen LogP contribution in [-0.2, 0) is 15.7 Å². The van der Waals surface area contributed by atoms with Crippen LogP contribution < -0.4 is 0 Å². The number of hydrogen-bond donors (Lipinski definition) is 0. The number of rotatable bonds is 2. The third-order valence-electron chi connectivity index (χ3n) is 1.85. The lowest BCUT2D eigenvalue weighted by Gasteiger charge is -2.10. The van der Waals surface area contributed by atoms with Gasteiger partial charge in [-0.05, 0) is 29.3 Å². The summed E-state index contributed by atoms with van der Waals surface area (Å²) >= 11 is 2.07. The summed E-state index contributed by atoms with van der Waals surface area (Å²) in [4.78, 5) is 10.9. The summed E-state index contributed by atoms with van der Waals surface area (Å²) < 4.78 is 0. The van der Waals surface area contributed by atoms with Gasteiger partial charge in [-0.25, -0.2) is 0 Å². The molecule has 1 aliphatic rings. The van der Waals surface area contributed by atoms with E-state index in [1.807, 2.05) is 0 Å². The average molecular weight is 205 g/mol. The van der Waals surface area contributed by atoms with Crippen LogP contribution in [0.3, 0.4) is 0 Å². The van der Waals surface area contributed by atoms with E-state index in [4.69, 9.17) is 0 Å². The Morgan fingerprint density at radius 3 is 2.42 bits per heavy atom. The zero-order valence-corrected chi connectivity index (χ0v) is 9.31. The van der Waals surface area contributed by atoms with E-state index in [1.54, 1.807) is 6.92 Å². The average Bonchev–Trinajstić information content (AvgIpc) is 1.93. The summed E-state index contributed by atoms with van der Waals surface area (Å²) in [6.45, 7) is 1.72. The minimum absolute atomic E-state index is 0.381. The largest absolute Gasteiger partial charge is 0.295 e. The van der Waals surface area contributed by atoms with Gasteiger partial charge in [0.15, 0.2) is 11.5 Å². The molecule has 3 heteroatoms. The molecule has 0 aromatic carbocycles. The first-order valence-corrected chi connectivity index (χ1v) is 7.39. The number of carbonyl (C=O) groups excluding carboxylic acids is 1. The smallest absolute Gasteiger partial charge is 0.178 e. The van der Waals surface area contributed by atoms with E-state index in [0.29, 0.717) is 16.7 Å². The van der Waals surface area contributed by atoms with Gasteiger partial charge in [0.2, 0.25) is 0 Å². The van der Waals surface area contributed by atoms with E-state index in [9.17, 15) is 4.79 Å². The molecule has 0 aliphatic carbocycles. The van der Waals surface area contributed by atoms with Crippen LogP contribution in [0.15, 0.2) is 0 Å². The third-order valence-corrected chi connectivity index (χ3v) is 5.55. The van der Waals surface area contributed by atoms with Gasteiger partial charge >= 0.3 is 0 Å². The van der Waals surface area contributed by atoms with Crippen LogP contribution in [0.2, 0.25) is 0 Å². The molecular weight excluding hydrogens is 188 g/mol. The van der Waals surface area contributed by atoms with Crippen molar-refractivity contribution >= 4 is 28.4 Å². The summed E-state index contributed by atoms with van der Waals surface area (Å²) in [5, 5.41) is 0. The van der Waals surface area contributed by atoms with Gasteiger partial charge in [-0.1, -0.05) is 0 Å². The molecule has 1 heterocycles. The van der Waals surface area contributed by atoms with Crippen LogP contribution in [0.5, 0.6) is 0 Å². The molecule has 1 fully saturated rings. The topological polar surface area (TPSA) is 17.1 Å². The predicted octanol–water partition coefficient (Wildman–Crippen LogP) is 1.72. The van der Waals surface area contributed by atoms with Crippen molar-refractivity contribution in [3.63, 3.8) is 0 Å². The third kappa shape index (κ3) is 4.41. The molecule has 0 unspecified atom stereocenters. The molecule has 0 saturated carbocycles. The molecule has 0 atom stereocenters. The zero-order chi connectivity index (χ0) is 8.81. The molecule has 0 N–H and O–H groups in total. The van der Waals surface area contributed by atoms with Crippen LogP contribution in [0.25, 0.3) is 0 Å². The Hall–Kier alpha value is 0.370. The normalized spacial score (nSPS) is 21.4. The SMILES string of the molecule is CC(=O)C[S+]1CCCSCCC1. The van der Waals surface area contributed by atoms with Gasteiger partial charge < -0.3 is 0 Å². The van der Waals surface area contributed by atoms with E-state index in [1.165, 1.54) is 35.9 Å². The summed E-state index contributed by atoms with van der Waals surface area (Å²) in [5.41, 5.74) is 0. The molecule has 12 heavy (non-hydrogen) atoms. The van der Waals surface area contributed by atoms with Crippen LogP contribution in [-0.4, -0.2) is 34.5 Å². The Morgan fingerprint density at radius 1 is 1.33 bits per heavy atom. The Kier molecular flexibility index (Phi) is 5.16. The maximum Gasteiger partial charge on any atom is 0.178 e. The van der Waals surface area contributed by atoms with Gasteiger partial charge in [-0.2, -0.15) is 11.8 Å². The first-order valence-electron chi connectivity index (χ1n) is 4.50. The van der Waals surface area contributed by atoms with Gasteiger partial charge in [0.05, 0.1) is 0 Å². The predicted molar refractivity (Wildman–Crippen MR) is 59.2 cm³/mol. The fourth-order valence-corrected chi connectivity index (χ4v) is 4.81. The van der Waals surface area contributed by atoms with Crippen LogP contribution in [0.1, 0.15) is 19.8 Å². The minimum atomic E-state index is 0.381. The van der Waals surface area contributed by atoms with Crippen LogP contribution in [0.4, 0.5) is 0 Å². The molecular formula is C9H17OS2+. The molecule has 70 valence electrons. The highest BCUT2D eigenvalue weighted by Crippen LogP contribution is 2.13. The van der Waals surface area contributed by atoms with Crippen molar-refractivity contribution in [1.82, 2.24) is 0 Å². The van der Waals surface area contributed by atoms with Gasteiger partial charge in [0.1, 0.15) is 11.5 Å². The second-order valence-electron chi connectivity index (χ2n) is 3.19. The first kappa shape index (κ1) is 10.5. The first-order chi connectivity index (χ1) is 5.79. The van der Waals surface area contributed by atoms with Gasteiger partial charge in [0, 0.05) is 12.8 Å². The lowest BCUT2D eigenvalue weighted by Crippen LogP contribution is -2.23. The molecule has 1 saturated heterocycles. The lowest BCUT2D eigenvalue weighted by atomic mass is 10.5. The summed E-state index contributed by atoms with van der Waals surface area (Å²) in [7, 11) is 0.434. The molecule has 1 aliphatic heterocycles. The van der Waals surface area contributed by atoms with Gasteiger partial charge in [-0.3, -0.25) is 4.79 Å². The molecule has 1 nitrogen and oxygen atoms in total. The zero-order valence-electron chi connectivity index (χ0n) is 7.67. The van der Waals surface area contributed by atoms with Crippen molar-refractivity contribution < 1.29 is 4.79 Å². The number of carbonyl (C=O) groups is 1. The van der Waals surface area contributed by atoms with E-state index in [0.717, 1.165) is 5.75 Å². The van der Waals surface area contributed by atoms with Crippen molar-refractivity contribution in [2.24, 2.45) is 0 Å². The van der Waals surface area contributed by atoms with E-state index in [-0.39, 0.29) is 0 Å². The number of hydrogen-bond acceptors (Lipinski definition) is 2. The molecule has 0 bridgehead atoms. The number of Topliss-reactive ketones (excluding diaryl/α,β-unsaturated/α-hetero) is 1. The Balaban J connectivity index is 2.24. The Bertz CT molecular complexity index is 139. The molecule has 0 aromatic heterocycles. The highest BCUT2D eigenvalue weighted by molar-refractivity contribution is 8.00. The maximum absolute atomic E-state index is 10.9. The standard InChI is InChI=1S/C9H17OS2/c1-9(10)8-12-6-2-4-11-5-3-7-12/h2-8H2,1H3/q+1. The number of thioether (sulfide) groups is 1. The van der Waals surface area contributed by atoms with Crippen molar-refractivity contribution in [1.29, 1.82) is 0 Å². The summed E-state index contributed by atoms with van der Waals surface area (Å²) in [5.74, 6) is 6.44. The lowest BCUT2D eigenvalue weighted by molar-refractivity contribution is -0.114. The van der Waals surface area contributed by atoms with Crippen molar-refractivity contribution in [2.75, 3.05) is 28.8 Å². The second-order valence-corrected chi connectivity index (χ2v) is 6.74. The fraction of sp³-hybridized carbons (Fsp3) is 0.889. The summed E-state index contributed by atoms with van der Waals surface area (Å²) in [6.07, 6.45) is 2.64. The monoisotopic (exact) mass is 205 g/mol. The van der Waals surface area contributed by atoms with Crippen molar-refractivity contribution in [3.05, 3.63) is 0 Å². The molecule has 0 spiro atoms. The van der Waals surface area contributed by atoms with Crippen molar-refractivity contribution in [3.8, 4) is 0 Å². The minimum Gasteiger partial charge on any atom is -0.295 e. The Labute approximate surface area is 82.0 Å². The highest BCUT2D eigenvalue weighted by atomic mass is 32.2. The molecule has 0 aromatic rings. The maximum atomic E-state index is 10.9. The van der Waals surface area contributed by atoms with Crippen LogP contribution in [0, 0.1) is 0 Å². The molecule has 1 rings (SSSR count). The van der Waals surface area contributed by atoms with Gasteiger partial charge in [0.25, 0.3) is 0 Å². The van der Waals surface area contributed by atoms with E-state index < -0.39 is 0 Å². The molecule has 0 amide bonds. The van der Waals surface area contributed by atoms with Crippen molar-refractivity contribution in [2.45, 2.75) is 19.8 Å². The van der Waals surface area contributed by atoms with Crippen LogP contribution >= 0.6 is 11.8 Å². The summed E-state index contributed by atoms with van der Waals surface area (Å²) in [6, 6.07) is 0. The van der Waals surface area contributed by atoms with Gasteiger partial charge in [-0.15, -0.1) is 0 Å². The van der Waals surface area contributed by atoms with E-state index >= 15 is 0 Å².